The standard InChI is InChI=1S/C8H16BrNO2/c1-8(9)7-10(4-6-12)3-2-5-11/h11-12H,1-7H2. The van der Waals surface area contributed by atoms with Gasteiger partial charge in [0.25, 0.3) is 0 Å². The second-order valence-corrected chi connectivity index (χ2v) is 3.72. The van der Waals surface area contributed by atoms with Crippen LogP contribution >= 0.6 is 15.9 Å². The van der Waals surface area contributed by atoms with Crippen LogP contribution in [0, 0.1) is 0 Å². The van der Waals surface area contributed by atoms with E-state index in [0.29, 0.717) is 6.54 Å². The van der Waals surface area contributed by atoms with Gasteiger partial charge < -0.3 is 10.2 Å². The lowest BCUT2D eigenvalue weighted by molar-refractivity contribution is 0.190. The molecule has 0 unspecified atom stereocenters. The highest BCUT2D eigenvalue weighted by Crippen LogP contribution is 2.04. The largest absolute Gasteiger partial charge is 0.396 e. The van der Waals surface area contributed by atoms with Gasteiger partial charge in [0.15, 0.2) is 0 Å². The van der Waals surface area contributed by atoms with Gasteiger partial charge in [-0.3, -0.25) is 4.90 Å². The summed E-state index contributed by atoms with van der Waals surface area (Å²) in [5.74, 6) is 0. The van der Waals surface area contributed by atoms with Crippen LogP contribution in [0.5, 0.6) is 0 Å². The Labute approximate surface area is 81.8 Å². The molecule has 0 aliphatic carbocycles. The van der Waals surface area contributed by atoms with Crippen molar-refractivity contribution in [3.05, 3.63) is 11.1 Å². The van der Waals surface area contributed by atoms with Crippen molar-refractivity contribution in [2.45, 2.75) is 6.42 Å². The average Bonchev–Trinajstić information content (AvgIpc) is 2.00. The zero-order valence-corrected chi connectivity index (χ0v) is 8.76. The van der Waals surface area contributed by atoms with E-state index >= 15 is 0 Å². The van der Waals surface area contributed by atoms with Gasteiger partial charge in [0.1, 0.15) is 0 Å². The highest BCUT2D eigenvalue weighted by Gasteiger charge is 2.03. The molecule has 0 saturated heterocycles. The molecule has 0 aliphatic rings. The fraction of sp³-hybridized carbons (Fsp3) is 0.750. The predicted molar refractivity (Wildman–Crippen MR) is 53.3 cm³/mol. The maximum atomic E-state index is 8.70. The molecule has 0 heterocycles. The summed E-state index contributed by atoms with van der Waals surface area (Å²) >= 11 is 3.26. The first-order valence-corrected chi connectivity index (χ1v) is 4.77. The van der Waals surface area contributed by atoms with Gasteiger partial charge in [-0.2, -0.15) is 0 Å². The van der Waals surface area contributed by atoms with Crippen LogP contribution in [-0.2, 0) is 0 Å². The molecule has 0 aromatic heterocycles. The first-order valence-electron chi connectivity index (χ1n) is 3.98. The molecule has 0 fully saturated rings. The quantitative estimate of drug-likeness (QED) is 0.681. The third-order valence-corrected chi connectivity index (χ3v) is 1.69. The minimum Gasteiger partial charge on any atom is -0.396 e. The van der Waals surface area contributed by atoms with E-state index in [-0.39, 0.29) is 13.2 Å². The Morgan fingerprint density at radius 3 is 2.33 bits per heavy atom. The first kappa shape index (κ1) is 12.1. The zero-order chi connectivity index (χ0) is 9.40. The molecule has 0 radical (unpaired) electrons. The van der Waals surface area contributed by atoms with Crippen molar-refractivity contribution in [2.75, 3.05) is 32.8 Å². The molecule has 0 aromatic rings. The third-order valence-electron chi connectivity index (χ3n) is 1.44. The molecule has 3 nitrogen and oxygen atoms in total. The minimum atomic E-state index is 0.145. The van der Waals surface area contributed by atoms with Crippen molar-refractivity contribution < 1.29 is 10.2 Å². The van der Waals surface area contributed by atoms with Crippen LogP contribution in [0.4, 0.5) is 0 Å². The lowest BCUT2D eigenvalue weighted by atomic mass is 10.4. The Hall–Kier alpha value is 0.1000. The summed E-state index contributed by atoms with van der Waals surface area (Å²) in [5.41, 5.74) is 0. The van der Waals surface area contributed by atoms with Gasteiger partial charge in [0.2, 0.25) is 0 Å². The fourth-order valence-corrected chi connectivity index (χ4v) is 1.30. The summed E-state index contributed by atoms with van der Waals surface area (Å²) in [6, 6.07) is 0. The van der Waals surface area contributed by atoms with Crippen LogP contribution in [0.3, 0.4) is 0 Å². The number of hydrogen-bond donors (Lipinski definition) is 2. The Balaban J connectivity index is 3.61. The predicted octanol–water partition coefficient (Wildman–Crippen LogP) is 0.572. The van der Waals surface area contributed by atoms with Gasteiger partial charge in [0, 0.05) is 30.7 Å². The Bertz CT molecular complexity index is 130. The number of nitrogens with zero attached hydrogens (tertiary/aromatic N) is 1. The maximum Gasteiger partial charge on any atom is 0.0558 e. The molecule has 4 heteroatoms. The molecule has 12 heavy (non-hydrogen) atoms. The molecule has 0 amide bonds. The van der Waals surface area contributed by atoms with Crippen LogP contribution in [0.1, 0.15) is 6.42 Å². The molecule has 0 aliphatic heterocycles. The van der Waals surface area contributed by atoms with Crippen molar-refractivity contribution in [3.63, 3.8) is 0 Å². The monoisotopic (exact) mass is 237 g/mol. The summed E-state index contributed by atoms with van der Waals surface area (Å²) in [5, 5.41) is 17.3. The number of aliphatic hydroxyl groups excluding tert-OH is 2. The van der Waals surface area contributed by atoms with Crippen molar-refractivity contribution in [2.24, 2.45) is 0 Å². The van der Waals surface area contributed by atoms with E-state index in [0.717, 1.165) is 24.0 Å². The molecule has 0 saturated carbocycles. The van der Waals surface area contributed by atoms with Gasteiger partial charge in [0.05, 0.1) is 6.61 Å². The number of aliphatic hydroxyl groups is 2. The lowest BCUT2D eigenvalue weighted by Crippen LogP contribution is -2.29. The Kier molecular flexibility index (Phi) is 7.80. The second-order valence-electron chi connectivity index (χ2n) is 2.59. The van der Waals surface area contributed by atoms with Crippen molar-refractivity contribution in [1.29, 1.82) is 0 Å². The average molecular weight is 238 g/mol. The van der Waals surface area contributed by atoms with Gasteiger partial charge in [-0.15, -0.1) is 0 Å². The number of halogens is 1. The molecule has 72 valence electrons. The van der Waals surface area contributed by atoms with E-state index in [2.05, 4.69) is 22.5 Å². The topological polar surface area (TPSA) is 43.7 Å². The van der Waals surface area contributed by atoms with E-state index in [1.165, 1.54) is 0 Å². The lowest BCUT2D eigenvalue weighted by Gasteiger charge is -2.19. The summed E-state index contributed by atoms with van der Waals surface area (Å²) in [4.78, 5) is 2.04. The number of hydrogen-bond acceptors (Lipinski definition) is 3. The highest BCUT2D eigenvalue weighted by molar-refractivity contribution is 9.11. The molecule has 0 atom stereocenters. The molecule has 2 N–H and O–H groups in total. The summed E-state index contributed by atoms with van der Waals surface area (Å²) < 4.78 is 0.897. The maximum absolute atomic E-state index is 8.70. The van der Waals surface area contributed by atoms with E-state index in [9.17, 15) is 0 Å². The smallest absolute Gasteiger partial charge is 0.0558 e. The molecule has 0 rings (SSSR count). The van der Waals surface area contributed by atoms with Crippen molar-refractivity contribution >= 4 is 15.9 Å². The zero-order valence-electron chi connectivity index (χ0n) is 7.17. The van der Waals surface area contributed by atoms with E-state index in [1.807, 2.05) is 4.90 Å². The van der Waals surface area contributed by atoms with Crippen LogP contribution in [-0.4, -0.2) is 48.0 Å². The van der Waals surface area contributed by atoms with Crippen LogP contribution in [0.2, 0.25) is 0 Å². The molecule has 0 aromatic carbocycles. The summed E-state index contributed by atoms with van der Waals surface area (Å²) in [7, 11) is 0. The van der Waals surface area contributed by atoms with Crippen molar-refractivity contribution in [1.82, 2.24) is 4.90 Å². The summed E-state index contributed by atoms with van der Waals surface area (Å²) in [6.45, 7) is 6.20. The minimum absolute atomic E-state index is 0.145. The SMILES string of the molecule is C=C(Br)CN(CCO)CCCO. The molecular weight excluding hydrogens is 222 g/mol. The van der Waals surface area contributed by atoms with Gasteiger partial charge in [-0.1, -0.05) is 22.5 Å². The van der Waals surface area contributed by atoms with Crippen LogP contribution in [0.25, 0.3) is 0 Å². The van der Waals surface area contributed by atoms with Crippen molar-refractivity contribution in [3.8, 4) is 0 Å². The molecule has 0 spiro atoms. The summed E-state index contributed by atoms with van der Waals surface area (Å²) in [6.07, 6.45) is 0.736. The second kappa shape index (κ2) is 7.73. The van der Waals surface area contributed by atoms with E-state index in [1.54, 1.807) is 0 Å². The first-order chi connectivity index (χ1) is 5.70. The fourth-order valence-electron chi connectivity index (χ4n) is 0.948. The highest BCUT2D eigenvalue weighted by atomic mass is 79.9. The molecule has 0 bridgehead atoms. The van der Waals surface area contributed by atoms with Crippen LogP contribution in [0.15, 0.2) is 11.1 Å². The van der Waals surface area contributed by atoms with Gasteiger partial charge >= 0.3 is 0 Å². The Morgan fingerprint density at radius 2 is 1.92 bits per heavy atom. The van der Waals surface area contributed by atoms with E-state index < -0.39 is 0 Å². The van der Waals surface area contributed by atoms with Gasteiger partial charge in [-0.25, -0.2) is 0 Å². The van der Waals surface area contributed by atoms with Gasteiger partial charge in [-0.05, 0) is 6.42 Å². The van der Waals surface area contributed by atoms with Crippen LogP contribution < -0.4 is 0 Å². The molecular formula is C8H16BrNO2. The van der Waals surface area contributed by atoms with E-state index in [4.69, 9.17) is 10.2 Å². The number of rotatable bonds is 7. The Morgan fingerprint density at radius 1 is 1.25 bits per heavy atom. The normalized spacial score (nSPS) is 10.7. The third kappa shape index (κ3) is 6.79.